The van der Waals surface area contributed by atoms with Crippen LogP contribution in [0.3, 0.4) is 0 Å². The summed E-state index contributed by atoms with van der Waals surface area (Å²) in [5.74, 6) is 0. The van der Waals surface area contributed by atoms with Crippen molar-refractivity contribution in [3.63, 3.8) is 0 Å². The first-order valence-electron chi connectivity index (χ1n) is 6.47. The lowest BCUT2D eigenvalue weighted by Crippen LogP contribution is -2.27. The Morgan fingerprint density at radius 3 is 2.55 bits per heavy atom. The van der Waals surface area contributed by atoms with E-state index in [1.165, 1.54) is 11.1 Å². The minimum Gasteiger partial charge on any atom is -0.310 e. The fourth-order valence-corrected chi connectivity index (χ4v) is 2.89. The van der Waals surface area contributed by atoms with Gasteiger partial charge in [0.25, 0.3) is 0 Å². The van der Waals surface area contributed by atoms with Crippen molar-refractivity contribution in [2.45, 2.75) is 25.9 Å². The highest BCUT2D eigenvalue weighted by Crippen LogP contribution is 2.24. The van der Waals surface area contributed by atoms with E-state index in [1.807, 2.05) is 18.2 Å². The van der Waals surface area contributed by atoms with Gasteiger partial charge in [-0.3, -0.25) is 0 Å². The molecule has 0 saturated heterocycles. The monoisotopic (exact) mass is 415 g/mol. The third kappa shape index (κ3) is 4.59. The van der Waals surface area contributed by atoms with E-state index >= 15 is 0 Å². The number of hydrogen-bond donors (Lipinski definition) is 1. The smallest absolute Gasteiger partial charge is 0.0438 e. The first kappa shape index (κ1) is 16.0. The van der Waals surface area contributed by atoms with Crippen LogP contribution in [0.2, 0.25) is 5.02 Å². The van der Waals surface area contributed by atoms with Gasteiger partial charge in [0.05, 0.1) is 0 Å². The summed E-state index contributed by atoms with van der Waals surface area (Å²) >= 11 is 13.2. The predicted molar refractivity (Wildman–Crippen MR) is 93.3 cm³/mol. The molecule has 0 spiro atoms. The summed E-state index contributed by atoms with van der Waals surface area (Å²) in [6.45, 7) is 3.02. The Balaban J connectivity index is 1.90. The summed E-state index contributed by atoms with van der Waals surface area (Å²) in [6, 6.07) is 14.7. The molecule has 106 valence electrons. The van der Waals surface area contributed by atoms with E-state index in [2.05, 4.69) is 68.4 Å². The molecule has 0 aliphatic rings. The number of nitrogens with one attached hydrogen (secondary N) is 1. The SMILES string of the molecule is CC(Cc1ccccc1Cl)NCc1ccc(Br)c(Br)c1. The first-order valence-corrected chi connectivity index (χ1v) is 8.43. The van der Waals surface area contributed by atoms with Gasteiger partial charge in [-0.05, 0) is 74.5 Å². The lowest BCUT2D eigenvalue weighted by Gasteiger charge is -2.15. The minimum atomic E-state index is 0.373. The topological polar surface area (TPSA) is 12.0 Å². The van der Waals surface area contributed by atoms with Gasteiger partial charge >= 0.3 is 0 Å². The van der Waals surface area contributed by atoms with E-state index in [0.717, 1.165) is 26.9 Å². The van der Waals surface area contributed by atoms with Crippen LogP contribution in [-0.2, 0) is 13.0 Å². The van der Waals surface area contributed by atoms with Crippen LogP contribution in [-0.4, -0.2) is 6.04 Å². The Morgan fingerprint density at radius 1 is 1.10 bits per heavy atom. The standard InChI is InChI=1S/C16H16Br2ClN/c1-11(8-13-4-2-3-5-16(13)19)20-10-12-6-7-14(17)15(18)9-12/h2-7,9,11,20H,8,10H2,1H3. The van der Waals surface area contributed by atoms with Crippen molar-refractivity contribution < 1.29 is 0 Å². The van der Waals surface area contributed by atoms with Crippen molar-refractivity contribution in [1.29, 1.82) is 0 Å². The van der Waals surface area contributed by atoms with Gasteiger partial charge in [-0.15, -0.1) is 0 Å². The zero-order chi connectivity index (χ0) is 14.5. The Kier molecular flexibility index (Phi) is 6.09. The highest BCUT2D eigenvalue weighted by Gasteiger charge is 2.06. The largest absolute Gasteiger partial charge is 0.310 e. The Labute approximate surface area is 142 Å². The third-order valence-electron chi connectivity index (χ3n) is 3.12. The Bertz CT molecular complexity index is 586. The molecular weight excluding hydrogens is 401 g/mol. The molecule has 0 fully saturated rings. The number of benzene rings is 2. The van der Waals surface area contributed by atoms with Crippen LogP contribution in [0.25, 0.3) is 0 Å². The van der Waals surface area contributed by atoms with Crippen LogP contribution < -0.4 is 5.32 Å². The second kappa shape index (κ2) is 7.60. The molecule has 0 amide bonds. The van der Waals surface area contributed by atoms with Gasteiger partial charge in [0.2, 0.25) is 0 Å². The summed E-state index contributed by atoms with van der Waals surface area (Å²) in [5.41, 5.74) is 2.44. The van der Waals surface area contributed by atoms with Crippen LogP contribution in [0.15, 0.2) is 51.4 Å². The molecule has 1 unspecified atom stereocenters. The van der Waals surface area contributed by atoms with Gasteiger partial charge in [0, 0.05) is 26.6 Å². The molecule has 0 aliphatic carbocycles. The van der Waals surface area contributed by atoms with Crippen LogP contribution >= 0.6 is 43.5 Å². The molecule has 0 radical (unpaired) electrons. The van der Waals surface area contributed by atoms with Crippen molar-refractivity contribution in [1.82, 2.24) is 5.32 Å². The molecule has 20 heavy (non-hydrogen) atoms. The zero-order valence-corrected chi connectivity index (χ0v) is 15.1. The quantitative estimate of drug-likeness (QED) is 0.669. The molecule has 0 saturated carbocycles. The third-order valence-corrected chi connectivity index (χ3v) is 5.37. The maximum absolute atomic E-state index is 6.18. The van der Waals surface area contributed by atoms with Gasteiger partial charge in [0.15, 0.2) is 0 Å². The molecule has 0 heterocycles. The molecule has 0 bridgehead atoms. The molecule has 0 aliphatic heterocycles. The molecule has 4 heteroatoms. The molecule has 2 aromatic rings. The summed E-state index contributed by atoms with van der Waals surface area (Å²) < 4.78 is 2.15. The lowest BCUT2D eigenvalue weighted by molar-refractivity contribution is 0.545. The molecule has 1 N–H and O–H groups in total. The Morgan fingerprint density at radius 2 is 1.85 bits per heavy atom. The average Bonchev–Trinajstić information content (AvgIpc) is 2.43. The molecule has 1 atom stereocenters. The van der Waals surface area contributed by atoms with E-state index in [-0.39, 0.29) is 0 Å². The minimum absolute atomic E-state index is 0.373. The van der Waals surface area contributed by atoms with Crippen LogP contribution in [0.1, 0.15) is 18.1 Å². The normalized spacial score (nSPS) is 12.4. The molecule has 1 nitrogen and oxygen atoms in total. The highest BCUT2D eigenvalue weighted by atomic mass is 79.9. The van der Waals surface area contributed by atoms with Gasteiger partial charge in [0.1, 0.15) is 0 Å². The van der Waals surface area contributed by atoms with E-state index < -0.39 is 0 Å². The van der Waals surface area contributed by atoms with Crippen molar-refractivity contribution in [2.75, 3.05) is 0 Å². The van der Waals surface area contributed by atoms with E-state index in [0.29, 0.717) is 6.04 Å². The predicted octanol–water partition coefficient (Wildman–Crippen LogP) is 5.59. The maximum atomic E-state index is 6.18. The fraction of sp³-hybridized carbons (Fsp3) is 0.250. The van der Waals surface area contributed by atoms with Gasteiger partial charge < -0.3 is 5.32 Å². The lowest BCUT2D eigenvalue weighted by atomic mass is 10.1. The summed E-state index contributed by atoms with van der Waals surface area (Å²) in [4.78, 5) is 0. The second-order valence-electron chi connectivity index (χ2n) is 4.83. The molecule has 2 rings (SSSR count). The average molecular weight is 418 g/mol. The highest BCUT2D eigenvalue weighted by molar-refractivity contribution is 9.13. The first-order chi connectivity index (χ1) is 9.56. The second-order valence-corrected chi connectivity index (χ2v) is 6.94. The van der Waals surface area contributed by atoms with Crippen molar-refractivity contribution >= 4 is 43.5 Å². The van der Waals surface area contributed by atoms with E-state index in [4.69, 9.17) is 11.6 Å². The molecule has 0 aromatic heterocycles. The summed E-state index contributed by atoms with van der Waals surface area (Å²) in [7, 11) is 0. The summed E-state index contributed by atoms with van der Waals surface area (Å²) in [5, 5.41) is 4.37. The van der Waals surface area contributed by atoms with Crippen molar-refractivity contribution in [2.24, 2.45) is 0 Å². The maximum Gasteiger partial charge on any atom is 0.0438 e. The zero-order valence-electron chi connectivity index (χ0n) is 11.2. The van der Waals surface area contributed by atoms with Gasteiger partial charge in [-0.25, -0.2) is 0 Å². The molecule has 2 aromatic carbocycles. The summed E-state index contributed by atoms with van der Waals surface area (Å²) in [6.07, 6.45) is 0.928. The number of rotatable bonds is 5. The molecular formula is C16H16Br2ClN. The van der Waals surface area contributed by atoms with Gasteiger partial charge in [-0.2, -0.15) is 0 Å². The Hall–Kier alpha value is -0.350. The number of hydrogen-bond acceptors (Lipinski definition) is 1. The van der Waals surface area contributed by atoms with Crippen LogP contribution in [0.5, 0.6) is 0 Å². The van der Waals surface area contributed by atoms with Gasteiger partial charge in [-0.1, -0.05) is 35.9 Å². The van der Waals surface area contributed by atoms with Crippen LogP contribution in [0, 0.1) is 0 Å². The fourth-order valence-electron chi connectivity index (χ4n) is 2.01. The van der Waals surface area contributed by atoms with Crippen molar-refractivity contribution in [3.8, 4) is 0 Å². The van der Waals surface area contributed by atoms with E-state index in [9.17, 15) is 0 Å². The number of halogens is 3. The van der Waals surface area contributed by atoms with E-state index in [1.54, 1.807) is 0 Å². The van der Waals surface area contributed by atoms with Crippen molar-refractivity contribution in [3.05, 3.63) is 67.6 Å². The van der Waals surface area contributed by atoms with Crippen LogP contribution in [0.4, 0.5) is 0 Å².